The van der Waals surface area contributed by atoms with Crippen LogP contribution in [0, 0.1) is 0 Å². The van der Waals surface area contributed by atoms with Gasteiger partial charge in [-0.1, -0.05) is 36.4 Å². The SMILES string of the molecule is NCCCCN1c2ccccc2Cc2ccccc21. The number of rotatable bonds is 4. The molecule has 2 nitrogen and oxygen atoms in total. The fourth-order valence-electron chi connectivity index (χ4n) is 2.84. The number of fused-ring (bicyclic) bond motifs is 2. The maximum Gasteiger partial charge on any atom is 0.0446 e. The monoisotopic (exact) mass is 252 g/mol. The number of hydrogen-bond acceptors (Lipinski definition) is 2. The third-order valence-corrected chi connectivity index (χ3v) is 3.78. The van der Waals surface area contributed by atoms with Crippen molar-refractivity contribution in [2.45, 2.75) is 19.3 Å². The first-order valence-electron chi connectivity index (χ1n) is 7.03. The van der Waals surface area contributed by atoms with Gasteiger partial charge in [0, 0.05) is 24.3 Å². The molecule has 3 rings (SSSR count). The van der Waals surface area contributed by atoms with Crippen molar-refractivity contribution in [3.8, 4) is 0 Å². The van der Waals surface area contributed by atoms with E-state index in [0.29, 0.717) is 0 Å². The molecule has 0 spiro atoms. The van der Waals surface area contributed by atoms with E-state index in [2.05, 4.69) is 53.4 Å². The van der Waals surface area contributed by atoms with E-state index >= 15 is 0 Å². The predicted molar refractivity (Wildman–Crippen MR) is 81.0 cm³/mol. The molecule has 1 heterocycles. The summed E-state index contributed by atoms with van der Waals surface area (Å²) in [5.74, 6) is 0. The van der Waals surface area contributed by atoms with Crippen LogP contribution in [0.3, 0.4) is 0 Å². The topological polar surface area (TPSA) is 29.3 Å². The van der Waals surface area contributed by atoms with Gasteiger partial charge in [-0.3, -0.25) is 0 Å². The van der Waals surface area contributed by atoms with Gasteiger partial charge < -0.3 is 10.6 Å². The van der Waals surface area contributed by atoms with E-state index in [-0.39, 0.29) is 0 Å². The van der Waals surface area contributed by atoms with Gasteiger partial charge >= 0.3 is 0 Å². The van der Waals surface area contributed by atoms with E-state index in [1.165, 1.54) is 22.5 Å². The van der Waals surface area contributed by atoms with Crippen LogP contribution in [0.4, 0.5) is 11.4 Å². The van der Waals surface area contributed by atoms with E-state index < -0.39 is 0 Å². The zero-order chi connectivity index (χ0) is 13.1. The van der Waals surface area contributed by atoms with Crippen molar-refractivity contribution < 1.29 is 0 Å². The van der Waals surface area contributed by atoms with E-state index in [1.54, 1.807) is 0 Å². The molecule has 98 valence electrons. The Bertz CT molecular complexity index is 517. The van der Waals surface area contributed by atoms with Gasteiger partial charge in [-0.15, -0.1) is 0 Å². The summed E-state index contributed by atoms with van der Waals surface area (Å²) in [4.78, 5) is 2.45. The van der Waals surface area contributed by atoms with Crippen LogP contribution < -0.4 is 10.6 Å². The van der Waals surface area contributed by atoms with Crippen molar-refractivity contribution >= 4 is 11.4 Å². The lowest BCUT2D eigenvalue weighted by Crippen LogP contribution is -2.24. The summed E-state index contributed by atoms with van der Waals surface area (Å²) in [6.45, 7) is 1.82. The Morgan fingerprint density at radius 3 is 2.00 bits per heavy atom. The number of para-hydroxylation sites is 2. The molecule has 0 bridgehead atoms. The normalized spacial score (nSPS) is 13.0. The lowest BCUT2D eigenvalue weighted by atomic mass is 9.95. The summed E-state index contributed by atoms with van der Waals surface area (Å²) in [5.41, 5.74) is 11.2. The molecular formula is C17H20N2. The Labute approximate surface area is 114 Å². The first-order chi connectivity index (χ1) is 9.40. The van der Waals surface area contributed by atoms with Crippen LogP contribution in [0.2, 0.25) is 0 Å². The Morgan fingerprint density at radius 2 is 1.42 bits per heavy atom. The van der Waals surface area contributed by atoms with E-state index in [9.17, 15) is 0 Å². The summed E-state index contributed by atoms with van der Waals surface area (Å²) in [6, 6.07) is 17.4. The molecule has 19 heavy (non-hydrogen) atoms. The highest BCUT2D eigenvalue weighted by Gasteiger charge is 2.20. The molecule has 0 radical (unpaired) electrons. The minimum Gasteiger partial charge on any atom is -0.341 e. The fraction of sp³-hybridized carbons (Fsp3) is 0.294. The number of benzene rings is 2. The van der Waals surface area contributed by atoms with Gasteiger partial charge in [0.15, 0.2) is 0 Å². The fourth-order valence-corrected chi connectivity index (χ4v) is 2.84. The van der Waals surface area contributed by atoms with Gasteiger partial charge in [0.05, 0.1) is 0 Å². The van der Waals surface area contributed by atoms with E-state index in [4.69, 9.17) is 5.73 Å². The lowest BCUT2D eigenvalue weighted by Gasteiger charge is -2.33. The molecule has 1 aliphatic heterocycles. The summed E-state index contributed by atoms with van der Waals surface area (Å²) >= 11 is 0. The number of nitrogens with two attached hydrogens (primary N) is 1. The van der Waals surface area contributed by atoms with Crippen LogP contribution in [0.15, 0.2) is 48.5 Å². The van der Waals surface area contributed by atoms with Crippen LogP contribution in [0.5, 0.6) is 0 Å². The van der Waals surface area contributed by atoms with Gasteiger partial charge in [0.25, 0.3) is 0 Å². The Balaban J connectivity index is 1.96. The highest BCUT2D eigenvalue weighted by atomic mass is 15.1. The average Bonchev–Trinajstić information content (AvgIpc) is 2.46. The second-order valence-corrected chi connectivity index (χ2v) is 5.08. The third kappa shape index (κ3) is 2.36. The molecular weight excluding hydrogens is 232 g/mol. The van der Waals surface area contributed by atoms with Crippen molar-refractivity contribution in [2.24, 2.45) is 5.73 Å². The first-order valence-corrected chi connectivity index (χ1v) is 7.03. The number of hydrogen-bond donors (Lipinski definition) is 1. The van der Waals surface area contributed by atoms with Crippen molar-refractivity contribution in [3.05, 3.63) is 59.7 Å². The maximum atomic E-state index is 5.61. The largest absolute Gasteiger partial charge is 0.341 e. The van der Waals surface area contributed by atoms with Gasteiger partial charge in [0.2, 0.25) is 0 Å². The predicted octanol–water partition coefficient (Wildman–Crippen LogP) is 3.47. The summed E-state index contributed by atoms with van der Waals surface area (Å²) < 4.78 is 0. The molecule has 2 N–H and O–H groups in total. The molecule has 0 saturated carbocycles. The lowest BCUT2D eigenvalue weighted by molar-refractivity contribution is 0.736. The Morgan fingerprint density at radius 1 is 0.842 bits per heavy atom. The van der Waals surface area contributed by atoms with Crippen molar-refractivity contribution in [2.75, 3.05) is 18.0 Å². The van der Waals surface area contributed by atoms with Crippen LogP contribution in [-0.4, -0.2) is 13.1 Å². The molecule has 2 heteroatoms. The highest BCUT2D eigenvalue weighted by Crippen LogP contribution is 2.38. The Hall–Kier alpha value is -1.80. The molecule has 0 amide bonds. The smallest absolute Gasteiger partial charge is 0.0446 e. The van der Waals surface area contributed by atoms with Crippen LogP contribution in [0.25, 0.3) is 0 Å². The minimum atomic E-state index is 0.775. The van der Waals surface area contributed by atoms with Crippen LogP contribution in [0.1, 0.15) is 24.0 Å². The van der Waals surface area contributed by atoms with Crippen molar-refractivity contribution in [3.63, 3.8) is 0 Å². The summed E-state index contributed by atoms with van der Waals surface area (Å²) in [6.07, 6.45) is 3.26. The number of anilines is 2. The molecule has 0 aromatic heterocycles. The molecule has 1 aliphatic rings. The van der Waals surface area contributed by atoms with Crippen molar-refractivity contribution in [1.82, 2.24) is 0 Å². The van der Waals surface area contributed by atoms with Gasteiger partial charge in [-0.2, -0.15) is 0 Å². The number of nitrogens with zero attached hydrogens (tertiary/aromatic N) is 1. The molecule has 0 aliphatic carbocycles. The minimum absolute atomic E-state index is 0.775. The van der Waals surface area contributed by atoms with Crippen LogP contribution in [-0.2, 0) is 6.42 Å². The molecule has 0 fully saturated rings. The Kier molecular flexibility index (Phi) is 3.51. The van der Waals surface area contributed by atoms with Crippen LogP contribution >= 0.6 is 0 Å². The molecule has 2 aromatic rings. The van der Waals surface area contributed by atoms with E-state index in [0.717, 1.165) is 32.4 Å². The average molecular weight is 252 g/mol. The van der Waals surface area contributed by atoms with Crippen molar-refractivity contribution in [1.29, 1.82) is 0 Å². The zero-order valence-electron chi connectivity index (χ0n) is 11.2. The standard InChI is InChI=1S/C17H20N2/c18-11-5-6-12-19-16-9-3-1-7-14(16)13-15-8-2-4-10-17(15)19/h1-4,7-10H,5-6,11-13,18H2. The molecule has 0 atom stereocenters. The molecule has 2 aromatic carbocycles. The maximum absolute atomic E-state index is 5.61. The summed E-state index contributed by atoms with van der Waals surface area (Å²) in [7, 11) is 0. The third-order valence-electron chi connectivity index (χ3n) is 3.78. The molecule has 0 unspecified atom stereocenters. The van der Waals surface area contributed by atoms with Gasteiger partial charge in [0.1, 0.15) is 0 Å². The van der Waals surface area contributed by atoms with E-state index in [1.807, 2.05) is 0 Å². The van der Waals surface area contributed by atoms with Gasteiger partial charge in [-0.05, 0) is 42.6 Å². The molecule has 0 saturated heterocycles. The second kappa shape index (κ2) is 5.45. The summed E-state index contributed by atoms with van der Waals surface area (Å²) in [5, 5.41) is 0. The zero-order valence-corrected chi connectivity index (χ0v) is 11.2. The second-order valence-electron chi connectivity index (χ2n) is 5.08. The number of unbranched alkanes of at least 4 members (excludes halogenated alkanes) is 1. The first kappa shape index (κ1) is 12.2. The quantitative estimate of drug-likeness (QED) is 0.844. The van der Waals surface area contributed by atoms with Gasteiger partial charge in [-0.25, -0.2) is 0 Å². The highest BCUT2D eigenvalue weighted by molar-refractivity contribution is 5.74.